The van der Waals surface area contributed by atoms with Crippen molar-refractivity contribution in [2.45, 2.75) is 56.4 Å². The highest BCUT2D eigenvalue weighted by Crippen LogP contribution is 2.43. The number of imide groups is 1. The van der Waals surface area contributed by atoms with Crippen LogP contribution in [0.15, 0.2) is 24.3 Å². The smallest absolute Gasteiger partial charge is 0.241 e. The van der Waals surface area contributed by atoms with Gasteiger partial charge in [0.2, 0.25) is 23.6 Å². The van der Waals surface area contributed by atoms with Gasteiger partial charge in [-0.3, -0.25) is 24.1 Å². The van der Waals surface area contributed by atoms with Crippen molar-refractivity contribution in [3.05, 3.63) is 29.8 Å². The minimum absolute atomic E-state index is 0.00851. The molecule has 166 valence electrons. The van der Waals surface area contributed by atoms with Crippen LogP contribution in [0.3, 0.4) is 0 Å². The minimum Gasteiger partial charge on any atom is -0.497 e. The van der Waals surface area contributed by atoms with Gasteiger partial charge in [-0.1, -0.05) is 25.0 Å². The largest absolute Gasteiger partial charge is 0.497 e. The molecule has 0 aromatic heterocycles. The number of hydrogen-bond donors (Lipinski definition) is 1. The molecule has 0 bridgehead atoms. The Labute approximate surface area is 181 Å². The number of benzene rings is 1. The molecule has 2 aliphatic heterocycles. The fraction of sp³-hybridized carbons (Fsp3) is 0.565. The second-order valence-electron chi connectivity index (χ2n) is 8.65. The molecule has 0 radical (unpaired) electrons. The number of amides is 4. The van der Waals surface area contributed by atoms with Gasteiger partial charge in [0.1, 0.15) is 5.75 Å². The first kappa shape index (κ1) is 21.3. The maximum absolute atomic E-state index is 13.8. The summed E-state index contributed by atoms with van der Waals surface area (Å²) in [5, 5.41) is 2.76. The summed E-state index contributed by atoms with van der Waals surface area (Å²) in [4.78, 5) is 54.8. The lowest BCUT2D eigenvalue weighted by molar-refractivity contribution is -0.144. The highest BCUT2D eigenvalue weighted by Gasteiger charge is 2.55. The molecule has 8 heteroatoms. The maximum atomic E-state index is 13.8. The van der Waals surface area contributed by atoms with E-state index in [1.807, 2.05) is 0 Å². The summed E-state index contributed by atoms with van der Waals surface area (Å²) >= 11 is 0. The van der Waals surface area contributed by atoms with Gasteiger partial charge in [-0.05, 0) is 30.5 Å². The van der Waals surface area contributed by atoms with Crippen LogP contribution in [0.4, 0.5) is 0 Å². The summed E-state index contributed by atoms with van der Waals surface area (Å²) in [5.74, 6) is -0.117. The van der Waals surface area contributed by atoms with Crippen molar-refractivity contribution in [2.24, 2.45) is 0 Å². The van der Waals surface area contributed by atoms with E-state index < -0.39 is 5.41 Å². The molecule has 2 heterocycles. The Hall–Kier alpha value is -2.90. The van der Waals surface area contributed by atoms with Gasteiger partial charge < -0.3 is 15.0 Å². The number of rotatable bonds is 5. The zero-order valence-electron chi connectivity index (χ0n) is 17.9. The summed E-state index contributed by atoms with van der Waals surface area (Å²) in [6.07, 6.45) is 3.80. The van der Waals surface area contributed by atoms with Crippen LogP contribution in [0.25, 0.3) is 0 Å². The van der Waals surface area contributed by atoms with E-state index in [0.29, 0.717) is 30.9 Å². The number of carbonyl (C=O) groups is 4. The average molecular weight is 428 g/mol. The summed E-state index contributed by atoms with van der Waals surface area (Å²) in [6, 6.07) is 7.00. The van der Waals surface area contributed by atoms with Gasteiger partial charge in [-0.2, -0.15) is 0 Å². The number of ether oxygens (including phenoxy) is 1. The van der Waals surface area contributed by atoms with Crippen molar-refractivity contribution in [1.29, 1.82) is 0 Å². The first-order valence-corrected chi connectivity index (χ1v) is 11.0. The Balaban J connectivity index is 1.66. The van der Waals surface area contributed by atoms with Gasteiger partial charge >= 0.3 is 0 Å². The van der Waals surface area contributed by atoms with E-state index in [-0.39, 0.29) is 48.9 Å². The van der Waals surface area contributed by atoms with Crippen LogP contribution in [0.2, 0.25) is 0 Å². The van der Waals surface area contributed by atoms with Gasteiger partial charge in [0, 0.05) is 44.9 Å². The van der Waals surface area contributed by atoms with Crippen LogP contribution in [-0.4, -0.2) is 66.2 Å². The van der Waals surface area contributed by atoms with E-state index in [0.717, 1.165) is 25.7 Å². The van der Waals surface area contributed by atoms with Crippen LogP contribution in [-0.2, 0) is 24.6 Å². The monoisotopic (exact) mass is 427 g/mol. The molecule has 4 amide bonds. The van der Waals surface area contributed by atoms with Crippen molar-refractivity contribution in [3.8, 4) is 5.75 Å². The zero-order chi connectivity index (χ0) is 22.0. The molecular weight excluding hydrogens is 398 g/mol. The predicted molar refractivity (Wildman–Crippen MR) is 112 cm³/mol. The van der Waals surface area contributed by atoms with Gasteiger partial charge in [0.05, 0.1) is 12.5 Å². The highest BCUT2D eigenvalue weighted by molar-refractivity contribution is 6.11. The number of nitrogens with one attached hydrogen (secondary N) is 1. The Morgan fingerprint density at radius 2 is 1.84 bits per heavy atom. The summed E-state index contributed by atoms with van der Waals surface area (Å²) < 4.78 is 5.24. The number of likely N-dealkylation sites (tertiary alicyclic amines) is 1. The Morgan fingerprint density at radius 1 is 1.13 bits per heavy atom. The molecule has 0 unspecified atom stereocenters. The van der Waals surface area contributed by atoms with Gasteiger partial charge in [0.25, 0.3) is 0 Å². The Kier molecular flexibility index (Phi) is 5.98. The van der Waals surface area contributed by atoms with Crippen LogP contribution in [0, 0.1) is 0 Å². The predicted octanol–water partition coefficient (Wildman–Crippen LogP) is 1.37. The Morgan fingerprint density at radius 3 is 2.52 bits per heavy atom. The third kappa shape index (κ3) is 4.03. The average Bonchev–Trinajstić information content (AvgIpc) is 3.30. The zero-order valence-corrected chi connectivity index (χ0v) is 17.9. The maximum Gasteiger partial charge on any atom is 0.241 e. The molecule has 3 aliphatic rings. The van der Waals surface area contributed by atoms with Crippen LogP contribution >= 0.6 is 0 Å². The van der Waals surface area contributed by atoms with E-state index >= 15 is 0 Å². The van der Waals surface area contributed by atoms with Crippen molar-refractivity contribution in [1.82, 2.24) is 15.1 Å². The van der Waals surface area contributed by atoms with Crippen molar-refractivity contribution in [2.75, 3.05) is 26.7 Å². The molecular formula is C23H29N3O5. The van der Waals surface area contributed by atoms with Crippen LogP contribution in [0.1, 0.15) is 50.5 Å². The fourth-order valence-electron chi connectivity index (χ4n) is 5.06. The molecule has 31 heavy (non-hydrogen) atoms. The lowest BCUT2D eigenvalue weighted by Crippen LogP contribution is -2.46. The Bertz CT molecular complexity index is 878. The molecule has 1 aromatic rings. The van der Waals surface area contributed by atoms with Crippen molar-refractivity contribution < 1.29 is 23.9 Å². The molecule has 3 fully saturated rings. The third-order valence-electron chi connectivity index (χ3n) is 6.80. The number of carbonyl (C=O) groups excluding carboxylic acids is 4. The van der Waals surface area contributed by atoms with Crippen LogP contribution < -0.4 is 10.1 Å². The van der Waals surface area contributed by atoms with E-state index in [1.54, 1.807) is 36.3 Å². The minimum atomic E-state index is -1.22. The topological polar surface area (TPSA) is 96.0 Å². The van der Waals surface area contributed by atoms with Gasteiger partial charge in [-0.15, -0.1) is 0 Å². The number of methoxy groups -OCH3 is 1. The fourth-order valence-corrected chi connectivity index (χ4v) is 5.06. The summed E-state index contributed by atoms with van der Waals surface area (Å²) in [6.45, 7) is 1.11. The first-order chi connectivity index (χ1) is 14.9. The van der Waals surface area contributed by atoms with Crippen LogP contribution in [0.5, 0.6) is 5.75 Å². The molecule has 1 aromatic carbocycles. The van der Waals surface area contributed by atoms with Gasteiger partial charge in [-0.25, -0.2) is 0 Å². The molecule has 1 saturated carbocycles. The molecule has 8 nitrogen and oxygen atoms in total. The molecule has 4 rings (SSSR count). The van der Waals surface area contributed by atoms with E-state index in [2.05, 4.69) is 5.32 Å². The lowest BCUT2D eigenvalue weighted by Gasteiger charge is -2.31. The molecule has 2 saturated heterocycles. The third-order valence-corrected chi connectivity index (χ3v) is 6.80. The second kappa shape index (κ2) is 8.69. The number of nitrogens with zero attached hydrogens (tertiary/aromatic N) is 2. The van der Waals surface area contributed by atoms with Crippen molar-refractivity contribution >= 4 is 23.6 Å². The molecule has 1 atom stereocenters. The SMILES string of the molecule is COc1ccc([C@@]2(CC(=O)N3CCNC(=O)CC3)CC(=O)N(C3CCCC3)C2=O)cc1. The normalized spacial score (nSPS) is 25.0. The van der Waals surface area contributed by atoms with E-state index in [4.69, 9.17) is 4.74 Å². The van der Waals surface area contributed by atoms with Crippen molar-refractivity contribution in [3.63, 3.8) is 0 Å². The summed E-state index contributed by atoms with van der Waals surface area (Å²) in [5.41, 5.74) is -0.559. The summed E-state index contributed by atoms with van der Waals surface area (Å²) in [7, 11) is 1.56. The number of hydrogen-bond acceptors (Lipinski definition) is 5. The van der Waals surface area contributed by atoms with E-state index in [9.17, 15) is 19.2 Å². The highest BCUT2D eigenvalue weighted by atomic mass is 16.5. The quantitative estimate of drug-likeness (QED) is 0.716. The molecule has 0 spiro atoms. The second-order valence-corrected chi connectivity index (χ2v) is 8.65. The first-order valence-electron chi connectivity index (χ1n) is 11.0. The lowest BCUT2D eigenvalue weighted by atomic mass is 9.75. The van der Waals surface area contributed by atoms with E-state index in [1.165, 1.54) is 4.90 Å². The standard InChI is InChI=1S/C23H29N3O5/c1-31-18-8-6-16(7-9-18)23(14-20(28)25-12-10-19(27)24-11-13-25)15-21(29)26(22(23)30)17-4-2-3-5-17/h6-9,17H,2-5,10-15H2,1H3,(H,24,27)/t23-/m1/s1. The molecule has 1 N–H and O–H groups in total. The van der Waals surface area contributed by atoms with Gasteiger partial charge in [0.15, 0.2) is 0 Å². The molecule has 1 aliphatic carbocycles.